The van der Waals surface area contributed by atoms with Crippen LogP contribution in [0.15, 0.2) is 54.6 Å². The molecule has 2 rings (SSSR count). The number of rotatable bonds is 7. The third-order valence-corrected chi connectivity index (χ3v) is 2.84. The number of hydrogen-bond acceptors (Lipinski definition) is 4. The quantitative estimate of drug-likeness (QED) is 0.628. The van der Waals surface area contributed by atoms with Gasteiger partial charge < -0.3 is 14.8 Å². The fourth-order valence-electron chi connectivity index (χ4n) is 1.77. The van der Waals surface area contributed by atoms with E-state index in [0.717, 1.165) is 6.07 Å². The first-order valence-corrected chi connectivity index (χ1v) is 7.02. The molecular weight excluding hydrogens is 301 g/mol. The molecule has 0 saturated carbocycles. The van der Waals surface area contributed by atoms with Crippen LogP contribution in [0.2, 0.25) is 0 Å². The predicted octanol–water partition coefficient (Wildman–Crippen LogP) is 2.18. The molecule has 0 aliphatic heterocycles. The molecule has 1 amide bonds. The molecular formula is C17H16FNO4. The highest BCUT2D eigenvalue weighted by Gasteiger charge is 2.09. The molecule has 0 radical (unpaired) electrons. The predicted molar refractivity (Wildman–Crippen MR) is 81.6 cm³/mol. The lowest BCUT2D eigenvalue weighted by Gasteiger charge is -2.08. The van der Waals surface area contributed by atoms with Crippen molar-refractivity contribution in [3.8, 4) is 5.75 Å². The summed E-state index contributed by atoms with van der Waals surface area (Å²) in [5, 5.41) is 2.36. The molecule has 0 fully saturated rings. The summed E-state index contributed by atoms with van der Waals surface area (Å²) in [6.45, 7) is -0.00214. The number of hydrogen-bond donors (Lipinski definition) is 1. The van der Waals surface area contributed by atoms with E-state index < -0.39 is 17.7 Å². The molecule has 0 heterocycles. The van der Waals surface area contributed by atoms with Gasteiger partial charge in [0.15, 0.2) is 0 Å². The topological polar surface area (TPSA) is 64.6 Å². The zero-order chi connectivity index (χ0) is 16.5. The maximum atomic E-state index is 13.0. The Bertz CT molecular complexity index is 661. The van der Waals surface area contributed by atoms with E-state index in [1.54, 1.807) is 12.1 Å². The summed E-state index contributed by atoms with van der Waals surface area (Å²) in [6, 6.07) is 14.3. The summed E-state index contributed by atoms with van der Waals surface area (Å²) in [5.74, 6) is -0.963. The molecule has 6 heteroatoms. The fourth-order valence-corrected chi connectivity index (χ4v) is 1.77. The second-order valence-corrected chi connectivity index (χ2v) is 4.58. The summed E-state index contributed by atoms with van der Waals surface area (Å²) >= 11 is 0. The number of carbonyl (C=O) groups is 2. The van der Waals surface area contributed by atoms with E-state index in [0.29, 0.717) is 5.75 Å². The lowest BCUT2D eigenvalue weighted by atomic mass is 10.2. The van der Waals surface area contributed by atoms with Gasteiger partial charge in [-0.25, -0.2) is 4.39 Å². The molecule has 2 aromatic rings. The Morgan fingerprint density at radius 3 is 2.52 bits per heavy atom. The van der Waals surface area contributed by atoms with Crippen LogP contribution in [0.25, 0.3) is 0 Å². The minimum atomic E-state index is -0.591. The maximum absolute atomic E-state index is 13.0. The van der Waals surface area contributed by atoms with Gasteiger partial charge in [-0.3, -0.25) is 9.59 Å². The number of nitrogens with one attached hydrogen (secondary N) is 1. The number of esters is 1. The van der Waals surface area contributed by atoms with Crippen molar-refractivity contribution in [3.05, 3.63) is 66.0 Å². The SMILES string of the molecule is O=C(CNC(=O)c1cccc(F)c1)OCCOc1ccccc1. The van der Waals surface area contributed by atoms with Crippen molar-refractivity contribution in [1.29, 1.82) is 0 Å². The first-order chi connectivity index (χ1) is 11.1. The van der Waals surface area contributed by atoms with Crippen LogP contribution in [0.3, 0.4) is 0 Å². The molecule has 0 saturated heterocycles. The minimum absolute atomic E-state index is 0.0730. The highest BCUT2D eigenvalue weighted by molar-refractivity contribution is 5.95. The normalized spacial score (nSPS) is 9.96. The summed E-state index contributed by atoms with van der Waals surface area (Å²) in [5.41, 5.74) is 0.144. The number of benzene rings is 2. The van der Waals surface area contributed by atoms with E-state index in [9.17, 15) is 14.0 Å². The van der Waals surface area contributed by atoms with Gasteiger partial charge in [0.2, 0.25) is 0 Å². The van der Waals surface area contributed by atoms with Crippen molar-refractivity contribution in [3.63, 3.8) is 0 Å². The molecule has 2 aromatic carbocycles. The zero-order valence-corrected chi connectivity index (χ0v) is 12.3. The number of ether oxygens (including phenoxy) is 2. The van der Waals surface area contributed by atoms with Crippen LogP contribution in [0, 0.1) is 5.82 Å². The molecule has 120 valence electrons. The Kier molecular flexibility index (Phi) is 6.11. The lowest BCUT2D eigenvalue weighted by Crippen LogP contribution is -2.31. The second-order valence-electron chi connectivity index (χ2n) is 4.58. The summed E-state index contributed by atoms with van der Waals surface area (Å²) in [4.78, 5) is 23.2. The zero-order valence-electron chi connectivity index (χ0n) is 12.3. The third kappa shape index (κ3) is 5.78. The van der Waals surface area contributed by atoms with Crippen LogP contribution < -0.4 is 10.1 Å². The van der Waals surface area contributed by atoms with Crippen molar-refractivity contribution in [1.82, 2.24) is 5.32 Å². The highest BCUT2D eigenvalue weighted by Crippen LogP contribution is 2.07. The Labute approximate surface area is 133 Å². The second kappa shape index (κ2) is 8.53. The Morgan fingerprint density at radius 2 is 1.78 bits per heavy atom. The summed E-state index contributed by atoms with van der Waals surface area (Å²) in [6.07, 6.45) is 0. The van der Waals surface area contributed by atoms with Gasteiger partial charge in [0, 0.05) is 5.56 Å². The third-order valence-electron chi connectivity index (χ3n) is 2.84. The van der Waals surface area contributed by atoms with Gasteiger partial charge in [-0.1, -0.05) is 24.3 Å². The van der Waals surface area contributed by atoms with Gasteiger partial charge in [0.25, 0.3) is 5.91 Å². The standard InChI is InChI=1S/C17H16FNO4/c18-14-6-4-5-13(11-14)17(21)19-12-16(20)23-10-9-22-15-7-2-1-3-8-15/h1-8,11H,9-10,12H2,(H,19,21). The number of carbonyl (C=O) groups excluding carboxylic acids is 2. The van der Waals surface area contributed by atoms with Crippen molar-refractivity contribution in [2.24, 2.45) is 0 Å². The summed E-state index contributed by atoms with van der Waals surface area (Å²) in [7, 11) is 0. The minimum Gasteiger partial charge on any atom is -0.490 e. The van der Waals surface area contributed by atoms with Crippen molar-refractivity contribution in [2.75, 3.05) is 19.8 Å². The smallest absolute Gasteiger partial charge is 0.325 e. The molecule has 0 atom stereocenters. The fraction of sp³-hybridized carbons (Fsp3) is 0.176. The van der Waals surface area contributed by atoms with Gasteiger partial charge in [-0.15, -0.1) is 0 Å². The van der Waals surface area contributed by atoms with E-state index >= 15 is 0 Å². The van der Waals surface area contributed by atoms with Gasteiger partial charge in [-0.05, 0) is 30.3 Å². The average molecular weight is 317 g/mol. The molecule has 0 aliphatic carbocycles. The van der Waals surface area contributed by atoms with Gasteiger partial charge in [-0.2, -0.15) is 0 Å². The van der Waals surface area contributed by atoms with Crippen LogP contribution in [0.1, 0.15) is 10.4 Å². The van der Waals surface area contributed by atoms with E-state index in [4.69, 9.17) is 9.47 Å². The van der Waals surface area contributed by atoms with Crippen molar-refractivity contribution >= 4 is 11.9 Å². The van der Waals surface area contributed by atoms with Crippen molar-refractivity contribution < 1.29 is 23.5 Å². The van der Waals surface area contributed by atoms with Gasteiger partial charge >= 0.3 is 5.97 Å². The molecule has 0 aliphatic rings. The summed E-state index contributed by atoms with van der Waals surface area (Å²) < 4.78 is 23.3. The molecule has 5 nitrogen and oxygen atoms in total. The van der Waals surface area contributed by atoms with Crippen LogP contribution in [0.5, 0.6) is 5.75 Å². The molecule has 0 spiro atoms. The number of halogens is 1. The average Bonchev–Trinajstić information content (AvgIpc) is 2.57. The first kappa shape index (κ1) is 16.5. The van der Waals surface area contributed by atoms with E-state index in [1.807, 2.05) is 18.2 Å². The van der Waals surface area contributed by atoms with E-state index in [1.165, 1.54) is 18.2 Å². The number of amides is 1. The Hall–Kier alpha value is -2.89. The van der Waals surface area contributed by atoms with E-state index in [-0.39, 0.29) is 25.3 Å². The van der Waals surface area contributed by atoms with Gasteiger partial charge in [0.05, 0.1) is 0 Å². The largest absolute Gasteiger partial charge is 0.490 e. The van der Waals surface area contributed by atoms with Crippen molar-refractivity contribution in [2.45, 2.75) is 0 Å². The Balaban J connectivity index is 1.64. The number of para-hydroxylation sites is 1. The van der Waals surface area contributed by atoms with E-state index in [2.05, 4.69) is 5.32 Å². The molecule has 0 aromatic heterocycles. The molecule has 1 N–H and O–H groups in total. The molecule has 0 bridgehead atoms. The molecule has 0 unspecified atom stereocenters. The van der Waals surface area contributed by atoms with Gasteiger partial charge in [0.1, 0.15) is 31.3 Å². The Morgan fingerprint density at radius 1 is 1.00 bits per heavy atom. The van der Waals surface area contributed by atoms with Crippen LogP contribution in [-0.2, 0) is 9.53 Å². The monoisotopic (exact) mass is 317 g/mol. The lowest BCUT2D eigenvalue weighted by molar-refractivity contribution is -0.143. The first-order valence-electron chi connectivity index (χ1n) is 7.02. The molecule has 23 heavy (non-hydrogen) atoms. The van der Waals surface area contributed by atoms with Crippen LogP contribution in [0.4, 0.5) is 4.39 Å². The van der Waals surface area contributed by atoms with Crippen LogP contribution in [-0.4, -0.2) is 31.6 Å². The highest BCUT2D eigenvalue weighted by atomic mass is 19.1. The maximum Gasteiger partial charge on any atom is 0.325 e. The van der Waals surface area contributed by atoms with Crippen LogP contribution >= 0.6 is 0 Å².